The minimum Gasteiger partial charge on any atom is -0.327 e. The molecule has 0 bridgehead atoms. The Morgan fingerprint density at radius 2 is 2.11 bits per heavy atom. The molecular formula is C14H13Cl2FN2. The quantitative estimate of drug-likeness (QED) is 0.756. The highest BCUT2D eigenvalue weighted by Gasteiger charge is 2.11. The summed E-state index contributed by atoms with van der Waals surface area (Å²) in [6.07, 6.45) is 1.57. The zero-order valence-corrected chi connectivity index (χ0v) is 11.9. The van der Waals surface area contributed by atoms with Gasteiger partial charge in [-0.05, 0) is 36.8 Å². The van der Waals surface area contributed by atoms with Gasteiger partial charge < -0.3 is 4.90 Å². The standard InChI is InChI=1S/C14H13Cl2FN2/c1-2-19(12-5-3-4-11(17)7-12)14-6-10(8-15)13(16)9-18-14/h3-7,9H,2,8H2,1H3. The highest BCUT2D eigenvalue weighted by Crippen LogP contribution is 2.27. The van der Waals surface area contributed by atoms with Gasteiger partial charge in [-0.25, -0.2) is 9.37 Å². The van der Waals surface area contributed by atoms with Crippen molar-refractivity contribution >= 4 is 34.7 Å². The van der Waals surface area contributed by atoms with Crippen molar-refractivity contribution in [2.45, 2.75) is 12.8 Å². The molecule has 0 amide bonds. The second-order valence-corrected chi connectivity index (χ2v) is 4.67. The molecule has 2 rings (SSSR count). The summed E-state index contributed by atoms with van der Waals surface area (Å²) in [5, 5.41) is 0.536. The Kier molecular flexibility index (Phi) is 4.61. The van der Waals surface area contributed by atoms with E-state index in [0.29, 0.717) is 23.3 Å². The Bertz CT molecular complexity index is 575. The van der Waals surface area contributed by atoms with Gasteiger partial charge in [-0.1, -0.05) is 17.7 Å². The van der Waals surface area contributed by atoms with Crippen LogP contribution < -0.4 is 4.90 Å². The topological polar surface area (TPSA) is 16.1 Å². The third kappa shape index (κ3) is 3.17. The van der Waals surface area contributed by atoms with E-state index in [1.807, 2.05) is 24.0 Å². The van der Waals surface area contributed by atoms with Gasteiger partial charge in [-0.2, -0.15) is 0 Å². The maximum atomic E-state index is 13.3. The molecular weight excluding hydrogens is 286 g/mol. The van der Waals surface area contributed by atoms with Crippen LogP contribution in [0.25, 0.3) is 0 Å². The van der Waals surface area contributed by atoms with E-state index in [2.05, 4.69) is 4.98 Å². The van der Waals surface area contributed by atoms with Crippen LogP contribution in [-0.2, 0) is 5.88 Å². The predicted octanol–water partition coefficient (Wildman–Crippen LogP) is 4.77. The molecule has 5 heteroatoms. The summed E-state index contributed by atoms with van der Waals surface area (Å²) < 4.78 is 13.3. The second kappa shape index (κ2) is 6.22. The SMILES string of the molecule is CCN(c1cccc(F)c1)c1cc(CCl)c(Cl)cn1. The van der Waals surface area contributed by atoms with E-state index in [-0.39, 0.29) is 5.82 Å². The van der Waals surface area contributed by atoms with Crippen LogP contribution in [0.2, 0.25) is 5.02 Å². The van der Waals surface area contributed by atoms with Crippen LogP contribution in [0.3, 0.4) is 0 Å². The van der Waals surface area contributed by atoms with E-state index >= 15 is 0 Å². The average molecular weight is 299 g/mol. The van der Waals surface area contributed by atoms with Crippen molar-refractivity contribution in [1.82, 2.24) is 4.98 Å². The molecule has 0 aliphatic rings. The van der Waals surface area contributed by atoms with Crippen LogP contribution in [0, 0.1) is 5.82 Å². The minimum atomic E-state index is -0.275. The van der Waals surface area contributed by atoms with Crippen LogP contribution in [0.15, 0.2) is 36.5 Å². The lowest BCUT2D eigenvalue weighted by atomic mass is 10.2. The van der Waals surface area contributed by atoms with Crippen molar-refractivity contribution in [1.29, 1.82) is 0 Å². The van der Waals surface area contributed by atoms with Crippen LogP contribution in [0.4, 0.5) is 15.9 Å². The van der Waals surface area contributed by atoms with Crippen molar-refractivity contribution < 1.29 is 4.39 Å². The molecule has 1 aromatic heterocycles. The molecule has 1 heterocycles. The first kappa shape index (κ1) is 14.1. The van der Waals surface area contributed by atoms with E-state index in [1.54, 1.807) is 12.3 Å². The van der Waals surface area contributed by atoms with Crippen molar-refractivity contribution in [2.75, 3.05) is 11.4 Å². The predicted molar refractivity (Wildman–Crippen MR) is 77.9 cm³/mol. The molecule has 0 aliphatic carbocycles. The third-order valence-electron chi connectivity index (χ3n) is 2.78. The zero-order chi connectivity index (χ0) is 13.8. The van der Waals surface area contributed by atoms with Gasteiger partial charge in [0.15, 0.2) is 0 Å². The van der Waals surface area contributed by atoms with E-state index in [0.717, 1.165) is 11.3 Å². The van der Waals surface area contributed by atoms with E-state index in [4.69, 9.17) is 23.2 Å². The summed E-state index contributed by atoms with van der Waals surface area (Å²) in [6, 6.07) is 8.22. The Hall–Kier alpha value is -1.32. The average Bonchev–Trinajstić information content (AvgIpc) is 2.41. The molecule has 0 atom stereocenters. The van der Waals surface area contributed by atoms with Crippen molar-refractivity contribution in [2.24, 2.45) is 0 Å². The van der Waals surface area contributed by atoms with Crippen LogP contribution in [-0.4, -0.2) is 11.5 Å². The monoisotopic (exact) mass is 298 g/mol. The second-order valence-electron chi connectivity index (χ2n) is 3.99. The van der Waals surface area contributed by atoms with E-state index in [1.165, 1.54) is 12.1 Å². The minimum absolute atomic E-state index is 0.275. The maximum Gasteiger partial charge on any atom is 0.133 e. The van der Waals surface area contributed by atoms with Gasteiger partial charge in [0.25, 0.3) is 0 Å². The number of nitrogens with zero attached hydrogens (tertiary/aromatic N) is 2. The number of anilines is 2. The molecule has 100 valence electrons. The molecule has 0 N–H and O–H groups in total. The van der Waals surface area contributed by atoms with Crippen molar-refractivity contribution in [3.05, 3.63) is 52.9 Å². The molecule has 0 aliphatic heterocycles. The molecule has 1 aromatic carbocycles. The number of hydrogen-bond donors (Lipinski definition) is 0. The first-order valence-electron chi connectivity index (χ1n) is 5.89. The summed E-state index contributed by atoms with van der Waals surface area (Å²) in [5.41, 5.74) is 1.56. The van der Waals surface area contributed by atoms with E-state index in [9.17, 15) is 4.39 Å². The largest absolute Gasteiger partial charge is 0.327 e. The zero-order valence-electron chi connectivity index (χ0n) is 10.4. The number of pyridine rings is 1. The fourth-order valence-corrected chi connectivity index (χ4v) is 2.30. The molecule has 0 fully saturated rings. The number of alkyl halides is 1. The van der Waals surface area contributed by atoms with E-state index < -0.39 is 0 Å². The van der Waals surface area contributed by atoms with Crippen LogP contribution in [0.5, 0.6) is 0 Å². The lowest BCUT2D eigenvalue weighted by Crippen LogP contribution is -2.17. The highest BCUT2D eigenvalue weighted by molar-refractivity contribution is 6.32. The summed E-state index contributed by atoms with van der Waals surface area (Å²) in [6.45, 7) is 2.64. The Morgan fingerprint density at radius 3 is 2.74 bits per heavy atom. The normalized spacial score (nSPS) is 10.5. The molecule has 0 spiro atoms. The maximum absolute atomic E-state index is 13.3. The lowest BCUT2D eigenvalue weighted by molar-refractivity contribution is 0.627. The summed E-state index contributed by atoms with van der Waals surface area (Å²) in [4.78, 5) is 6.18. The summed E-state index contributed by atoms with van der Waals surface area (Å²) >= 11 is 11.8. The molecule has 0 saturated carbocycles. The van der Waals surface area contributed by atoms with Crippen LogP contribution in [0.1, 0.15) is 12.5 Å². The van der Waals surface area contributed by atoms with Gasteiger partial charge in [0.05, 0.1) is 5.02 Å². The fourth-order valence-electron chi connectivity index (χ4n) is 1.84. The van der Waals surface area contributed by atoms with Crippen molar-refractivity contribution in [3.63, 3.8) is 0 Å². The van der Waals surface area contributed by atoms with Gasteiger partial charge in [0.1, 0.15) is 11.6 Å². The van der Waals surface area contributed by atoms with Gasteiger partial charge >= 0.3 is 0 Å². The number of hydrogen-bond acceptors (Lipinski definition) is 2. The van der Waals surface area contributed by atoms with Gasteiger partial charge in [0, 0.05) is 24.3 Å². The van der Waals surface area contributed by atoms with Gasteiger partial charge in [-0.15, -0.1) is 11.6 Å². The number of benzene rings is 1. The first-order valence-corrected chi connectivity index (χ1v) is 6.80. The first-order chi connectivity index (χ1) is 9.15. The van der Waals surface area contributed by atoms with Gasteiger partial charge in [0.2, 0.25) is 0 Å². The summed E-state index contributed by atoms with van der Waals surface area (Å²) in [7, 11) is 0. The van der Waals surface area contributed by atoms with Crippen LogP contribution >= 0.6 is 23.2 Å². The molecule has 0 radical (unpaired) electrons. The van der Waals surface area contributed by atoms with Crippen molar-refractivity contribution in [3.8, 4) is 0 Å². The molecule has 0 saturated heterocycles. The third-order valence-corrected chi connectivity index (χ3v) is 3.41. The molecule has 19 heavy (non-hydrogen) atoms. The Balaban J connectivity index is 2.42. The highest BCUT2D eigenvalue weighted by atomic mass is 35.5. The number of rotatable bonds is 4. The smallest absolute Gasteiger partial charge is 0.133 e. The Morgan fingerprint density at radius 1 is 1.32 bits per heavy atom. The lowest BCUT2D eigenvalue weighted by Gasteiger charge is -2.22. The molecule has 2 nitrogen and oxygen atoms in total. The Labute approximate surface area is 121 Å². The molecule has 0 unspecified atom stereocenters. The summed E-state index contributed by atoms with van der Waals surface area (Å²) in [5.74, 6) is 0.741. The number of aromatic nitrogens is 1. The molecule has 2 aromatic rings. The fraction of sp³-hybridized carbons (Fsp3) is 0.214. The number of halogens is 3. The van der Waals surface area contributed by atoms with Gasteiger partial charge in [-0.3, -0.25) is 0 Å².